The number of aromatic nitrogens is 2. The van der Waals surface area contributed by atoms with Crippen LogP contribution < -0.4 is 10.3 Å². The smallest absolute Gasteiger partial charge is 0.309 e. The summed E-state index contributed by atoms with van der Waals surface area (Å²) in [6.07, 6.45) is 1.59. The van der Waals surface area contributed by atoms with Gasteiger partial charge in [0.25, 0.3) is 0 Å². The maximum absolute atomic E-state index is 11.9. The molecule has 0 N–H and O–H groups in total. The van der Waals surface area contributed by atoms with E-state index >= 15 is 0 Å². The third-order valence-electron chi connectivity index (χ3n) is 2.69. The van der Waals surface area contributed by atoms with Crippen molar-refractivity contribution < 1.29 is 4.74 Å². The van der Waals surface area contributed by atoms with Gasteiger partial charge in [-0.1, -0.05) is 43.0 Å². The molecule has 0 radical (unpaired) electrons. The summed E-state index contributed by atoms with van der Waals surface area (Å²) in [5.74, 6) is 0.265. The Bertz CT molecular complexity index is 630. The molecule has 0 spiro atoms. The van der Waals surface area contributed by atoms with Crippen LogP contribution in [0.25, 0.3) is 17.3 Å². The summed E-state index contributed by atoms with van der Waals surface area (Å²) in [7, 11) is 3.07. The number of benzene rings is 1. The van der Waals surface area contributed by atoms with Crippen LogP contribution in [0.2, 0.25) is 0 Å². The second-order valence-corrected chi connectivity index (χ2v) is 3.79. The molecular weight excluding hydrogens is 228 g/mol. The van der Waals surface area contributed by atoms with Gasteiger partial charge < -0.3 is 4.74 Å². The standard InChI is InChI=1S/C14H14N2O2/c1-4-11-12(10-8-6-5-7-9-10)15-16(2)14(17)13(11)18-3/h4-9H,1H2,2-3H3. The number of hydrogen-bond acceptors (Lipinski definition) is 3. The van der Waals surface area contributed by atoms with Crippen LogP contribution in [-0.2, 0) is 7.05 Å². The Labute approximate surface area is 105 Å². The molecule has 2 aromatic rings. The van der Waals surface area contributed by atoms with E-state index in [4.69, 9.17) is 4.74 Å². The first kappa shape index (κ1) is 12.1. The highest BCUT2D eigenvalue weighted by Gasteiger charge is 2.15. The minimum absolute atomic E-state index is 0.265. The number of hydrogen-bond donors (Lipinski definition) is 0. The molecule has 0 atom stereocenters. The van der Waals surface area contributed by atoms with E-state index < -0.39 is 0 Å². The van der Waals surface area contributed by atoms with Gasteiger partial charge in [0.1, 0.15) is 5.69 Å². The van der Waals surface area contributed by atoms with Crippen molar-refractivity contribution in [1.29, 1.82) is 0 Å². The van der Waals surface area contributed by atoms with Crippen LogP contribution in [0, 0.1) is 0 Å². The molecule has 0 aliphatic heterocycles. The highest BCUT2D eigenvalue weighted by atomic mass is 16.5. The molecule has 0 bridgehead atoms. The van der Waals surface area contributed by atoms with E-state index in [2.05, 4.69) is 11.7 Å². The Balaban J connectivity index is 2.80. The molecule has 0 fully saturated rings. The molecule has 4 heteroatoms. The van der Waals surface area contributed by atoms with E-state index in [9.17, 15) is 4.79 Å². The van der Waals surface area contributed by atoms with Crippen molar-refractivity contribution in [3.8, 4) is 17.0 Å². The summed E-state index contributed by atoms with van der Waals surface area (Å²) in [6.45, 7) is 3.73. The first-order chi connectivity index (χ1) is 8.69. The highest BCUT2D eigenvalue weighted by Crippen LogP contribution is 2.26. The quantitative estimate of drug-likeness (QED) is 0.827. The van der Waals surface area contributed by atoms with E-state index in [1.54, 1.807) is 13.1 Å². The van der Waals surface area contributed by atoms with Crippen molar-refractivity contribution in [2.45, 2.75) is 0 Å². The zero-order valence-electron chi connectivity index (χ0n) is 10.4. The molecule has 0 aliphatic rings. The normalized spacial score (nSPS) is 10.1. The lowest BCUT2D eigenvalue weighted by Gasteiger charge is -2.11. The maximum atomic E-state index is 11.9. The van der Waals surface area contributed by atoms with Crippen LogP contribution >= 0.6 is 0 Å². The fourth-order valence-electron chi connectivity index (χ4n) is 1.81. The third kappa shape index (κ3) is 1.93. The average molecular weight is 242 g/mol. The van der Waals surface area contributed by atoms with E-state index in [0.29, 0.717) is 11.3 Å². The number of nitrogens with zero attached hydrogens (tertiary/aromatic N) is 2. The minimum Gasteiger partial charge on any atom is -0.491 e. The molecule has 0 saturated heterocycles. The van der Waals surface area contributed by atoms with Crippen LogP contribution in [0.1, 0.15) is 5.56 Å². The van der Waals surface area contributed by atoms with Gasteiger partial charge >= 0.3 is 5.56 Å². The molecule has 18 heavy (non-hydrogen) atoms. The predicted octanol–water partition coefficient (Wildman–Crippen LogP) is 2.10. The maximum Gasteiger partial charge on any atom is 0.309 e. The van der Waals surface area contributed by atoms with Crippen LogP contribution in [0.15, 0.2) is 41.7 Å². The monoisotopic (exact) mass is 242 g/mol. The fraction of sp³-hybridized carbons (Fsp3) is 0.143. The average Bonchev–Trinajstić information content (AvgIpc) is 2.42. The van der Waals surface area contributed by atoms with E-state index in [0.717, 1.165) is 5.56 Å². The Morgan fingerprint density at radius 2 is 2.00 bits per heavy atom. The predicted molar refractivity (Wildman–Crippen MR) is 71.6 cm³/mol. The van der Waals surface area contributed by atoms with Crippen LogP contribution in [-0.4, -0.2) is 16.9 Å². The number of methoxy groups -OCH3 is 1. The Morgan fingerprint density at radius 3 is 2.56 bits per heavy atom. The summed E-state index contributed by atoms with van der Waals surface area (Å²) in [4.78, 5) is 11.9. The van der Waals surface area contributed by atoms with Gasteiger partial charge in [0.2, 0.25) is 0 Å². The number of ether oxygens (including phenoxy) is 1. The largest absolute Gasteiger partial charge is 0.491 e. The molecule has 1 heterocycles. The summed E-state index contributed by atoms with van der Waals surface area (Å²) >= 11 is 0. The van der Waals surface area contributed by atoms with Crippen molar-refractivity contribution in [3.05, 3.63) is 52.8 Å². The lowest BCUT2D eigenvalue weighted by molar-refractivity contribution is 0.400. The topological polar surface area (TPSA) is 44.1 Å². The molecule has 0 aliphatic carbocycles. The second kappa shape index (κ2) is 4.87. The van der Waals surface area contributed by atoms with E-state index in [1.807, 2.05) is 30.3 Å². The first-order valence-electron chi connectivity index (χ1n) is 5.52. The van der Waals surface area contributed by atoms with Gasteiger partial charge in [-0.25, -0.2) is 4.68 Å². The van der Waals surface area contributed by atoms with Gasteiger partial charge in [-0.15, -0.1) is 0 Å². The van der Waals surface area contributed by atoms with Gasteiger partial charge in [-0.2, -0.15) is 5.10 Å². The molecule has 4 nitrogen and oxygen atoms in total. The zero-order valence-corrected chi connectivity index (χ0v) is 10.4. The van der Waals surface area contributed by atoms with Gasteiger partial charge in [-0.05, 0) is 0 Å². The van der Waals surface area contributed by atoms with Crippen molar-refractivity contribution >= 4 is 6.08 Å². The summed E-state index contributed by atoms with van der Waals surface area (Å²) in [6, 6.07) is 9.62. The van der Waals surface area contributed by atoms with Crippen molar-refractivity contribution in [2.24, 2.45) is 7.05 Å². The van der Waals surface area contributed by atoms with Crippen molar-refractivity contribution in [2.75, 3.05) is 7.11 Å². The fourth-order valence-corrected chi connectivity index (χ4v) is 1.81. The summed E-state index contributed by atoms with van der Waals surface area (Å²) in [5.41, 5.74) is 1.95. The van der Waals surface area contributed by atoms with Crippen molar-refractivity contribution in [1.82, 2.24) is 9.78 Å². The zero-order chi connectivity index (χ0) is 13.1. The van der Waals surface area contributed by atoms with Crippen molar-refractivity contribution in [3.63, 3.8) is 0 Å². The third-order valence-corrected chi connectivity index (χ3v) is 2.69. The van der Waals surface area contributed by atoms with Crippen LogP contribution in [0.3, 0.4) is 0 Å². The van der Waals surface area contributed by atoms with Crippen LogP contribution in [0.4, 0.5) is 0 Å². The lowest BCUT2D eigenvalue weighted by Crippen LogP contribution is -2.23. The highest BCUT2D eigenvalue weighted by molar-refractivity contribution is 5.74. The molecule has 0 unspecified atom stereocenters. The van der Waals surface area contributed by atoms with E-state index in [1.165, 1.54) is 11.8 Å². The Morgan fingerprint density at radius 1 is 1.33 bits per heavy atom. The molecule has 0 amide bonds. The molecular formula is C14H14N2O2. The Hall–Kier alpha value is -2.36. The lowest BCUT2D eigenvalue weighted by atomic mass is 10.1. The van der Waals surface area contributed by atoms with Crippen LogP contribution in [0.5, 0.6) is 5.75 Å². The van der Waals surface area contributed by atoms with Gasteiger partial charge in [-0.3, -0.25) is 4.79 Å². The summed E-state index contributed by atoms with van der Waals surface area (Å²) in [5, 5.41) is 4.28. The minimum atomic E-state index is -0.271. The second-order valence-electron chi connectivity index (χ2n) is 3.79. The molecule has 92 valence electrons. The number of rotatable bonds is 3. The molecule has 2 rings (SSSR count). The summed E-state index contributed by atoms with van der Waals surface area (Å²) < 4.78 is 6.44. The number of aryl methyl sites for hydroxylation is 1. The SMILES string of the molecule is C=Cc1c(-c2ccccc2)nn(C)c(=O)c1OC. The molecule has 1 aromatic heterocycles. The van der Waals surface area contributed by atoms with Gasteiger partial charge in [0, 0.05) is 18.2 Å². The molecule has 1 aromatic carbocycles. The first-order valence-corrected chi connectivity index (χ1v) is 5.52. The van der Waals surface area contributed by atoms with E-state index in [-0.39, 0.29) is 11.3 Å². The molecule has 0 saturated carbocycles. The Kier molecular flexibility index (Phi) is 3.28. The van der Waals surface area contributed by atoms with Gasteiger partial charge in [0.15, 0.2) is 5.75 Å². The van der Waals surface area contributed by atoms with Gasteiger partial charge in [0.05, 0.1) is 7.11 Å².